The highest BCUT2D eigenvalue weighted by Crippen LogP contribution is 2.10. The van der Waals surface area contributed by atoms with Crippen LogP contribution in [-0.4, -0.2) is 122 Å². The van der Waals surface area contributed by atoms with E-state index in [-0.39, 0.29) is 76.0 Å². The zero-order valence-corrected chi connectivity index (χ0v) is 33.5. The van der Waals surface area contributed by atoms with Crippen LogP contribution in [0.1, 0.15) is 22.3 Å². The van der Waals surface area contributed by atoms with E-state index in [4.69, 9.17) is 0 Å². The van der Waals surface area contributed by atoms with Gasteiger partial charge in [0, 0.05) is 101 Å². The van der Waals surface area contributed by atoms with Gasteiger partial charge in [-0.15, -0.1) is 0 Å². The molecule has 1 fully saturated rings. The third-order valence-electron chi connectivity index (χ3n) is 10.1. The van der Waals surface area contributed by atoms with Gasteiger partial charge >= 0.3 is 0 Å². The lowest BCUT2D eigenvalue weighted by atomic mass is 10.2. The van der Waals surface area contributed by atoms with Gasteiger partial charge in [0.15, 0.2) is 0 Å². The van der Waals surface area contributed by atoms with E-state index in [0.29, 0.717) is 74.6 Å². The molecular formula is C44H52F4N8O4. The second-order valence-electron chi connectivity index (χ2n) is 14.6. The zero-order chi connectivity index (χ0) is 42.7. The van der Waals surface area contributed by atoms with Crippen molar-refractivity contribution in [2.75, 3.05) is 78.5 Å². The first kappa shape index (κ1) is 45.4. The smallest absolute Gasteiger partial charge is 0.234 e. The summed E-state index contributed by atoms with van der Waals surface area (Å²) in [6, 6.07) is 24.6. The second-order valence-corrected chi connectivity index (χ2v) is 14.6. The normalized spacial score (nSPS) is 15.0. The number of carbonyl (C=O) groups excluding carboxylic acids is 4. The quantitative estimate of drug-likeness (QED) is 0.127. The van der Waals surface area contributed by atoms with Crippen LogP contribution in [0.2, 0.25) is 0 Å². The Labute approximate surface area is 347 Å². The molecule has 0 saturated carbocycles. The number of carbonyl (C=O) groups is 4. The van der Waals surface area contributed by atoms with Crippen molar-refractivity contribution in [2.45, 2.75) is 26.2 Å². The predicted molar refractivity (Wildman–Crippen MR) is 219 cm³/mol. The molecule has 1 saturated heterocycles. The van der Waals surface area contributed by atoms with E-state index in [1.807, 2.05) is 19.6 Å². The Morgan fingerprint density at radius 2 is 0.533 bits per heavy atom. The molecule has 60 heavy (non-hydrogen) atoms. The highest BCUT2D eigenvalue weighted by atomic mass is 19.1. The van der Waals surface area contributed by atoms with Crippen LogP contribution in [0.3, 0.4) is 0 Å². The summed E-state index contributed by atoms with van der Waals surface area (Å²) in [5.41, 5.74) is 1.35. The molecule has 12 nitrogen and oxygen atoms in total. The zero-order valence-electron chi connectivity index (χ0n) is 33.5. The van der Waals surface area contributed by atoms with Crippen molar-refractivity contribution in [3.05, 3.63) is 143 Å². The molecule has 5 rings (SSSR count). The Bertz CT molecular complexity index is 1740. The average Bonchev–Trinajstić information content (AvgIpc) is 3.23. The number of benzene rings is 4. The molecule has 1 heterocycles. The van der Waals surface area contributed by atoms with E-state index < -0.39 is 23.3 Å². The Hall–Kier alpha value is -5.68. The molecule has 0 aromatic heterocycles. The Morgan fingerprint density at radius 1 is 0.350 bits per heavy atom. The van der Waals surface area contributed by atoms with Crippen LogP contribution in [0.15, 0.2) is 97.1 Å². The maximum atomic E-state index is 14.3. The molecule has 4 amide bonds. The Balaban J connectivity index is 1.29. The lowest BCUT2D eigenvalue weighted by Crippen LogP contribution is -2.51. The van der Waals surface area contributed by atoms with Crippen LogP contribution in [0.5, 0.6) is 0 Å². The van der Waals surface area contributed by atoms with E-state index in [1.165, 1.54) is 24.3 Å². The van der Waals surface area contributed by atoms with E-state index in [0.717, 1.165) is 0 Å². The molecule has 4 aromatic carbocycles. The van der Waals surface area contributed by atoms with Crippen LogP contribution < -0.4 is 21.3 Å². The molecule has 0 atom stereocenters. The van der Waals surface area contributed by atoms with Gasteiger partial charge in [0.05, 0.1) is 26.2 Å². The predicted octanol–water partition coefficient (Wildman–Crippen LogP) is 3.03. The van der Waals surface area contributed by atoms with Crippen molar-refractivity contribution in [3.8, 4) is 0 Å². The molecule has 320 valence electrons. The van der Waals surface area contributed by atoms with Gasteiger partial charge < -0.3 is 21.3 Å². The maximum Gasteiger partial charge on any atom is 0.234 e. The number of rotatable bonds is 16. The molecule has 0 unspecified atom stereocenters. The summed E-state index contributed by atoms with van der Waals surface area (Å²) in [7, 11) is 0. The van der Waals surface area contributed by atoms with Gasteiger partial charge in [-0.2, -0.15) is 0 Å². The fourth-order valence-corrected chi connectivity index (χ4v) is 6.59. The number of hydrogen-bond donors (Lipinski definition) is 4. The maximum absolute atomic E-state index is 14.3. The summed E-state index contributed by atoms with van der Waals surface area (Å²) in [5, 5.41) is 11.1. The summed E-state index contributed by atoms with van der Waals surface area (Å²) in [6.07, 6.45) is 0. The molecule has 1 aliphatic rings. The minimum Gasteiger partial charge on any atom is -0.351 e. The van der Waals surface area contributed by atoms with Crippen molar-refractivity contribution in [1.29, 1.82) is 0 Å². The third-order valence-corrected chi connectivity index (χ3v) is 10.1. The van der Waals surface area contributed by atoms with Gasteiger partial charge in [0.1, 0.15) is 23.3 Å². The van der Waals surface area contributed by atoms with Crippen LogP contribution in [-0.2, 0) is 45.4 Å². The third kappa shape index (κ3) is 15.5. The lowest BCUT2D eigenvalue weighted by Gasteiger charge is -2.33. The largest absolute Gasteiger partial charge is 0.351 e. The van der Waals surface area contributed by atoms with Gasteiger partial charge in [-0.05, 0) is 24.3 Å². The van der Waals surface area contributed by atoms with Crippen molar-refractivity contribution in [3.63, 3.8) is 0 Å². The van der Waals surface area contributed by atoms with Gasteiger partial charge in [-0.1, -0.05) is 72.8 Å². The fraction of sp³-hybridized carbons (Fsp3) is 0.364. The van der Waals surface area contributed by atoms with E-state index >= 15 is 0 Å². The van der Waals surface area contributed by atoms with E-state index in [9.17, 15) is 36.7 Å². The number of halogens is 4. The number of amides is 4. The molecule has 0 aliphatic carbocycles. The number of hydrogen-bond acceptors (Lipinski definition) is 8. The van der Waals surface area contributed by atoms with Gasteiger partial charge in [0.2, 0.25) is 23.6 Å². The van der Waals surface area contributed by atoms with Crippen molar-refractivity contribution < 1.29 is 36.7 Å². The lowest BCUT2D eigenvalue weighted by molar-refractivity contribution is -0.125. The first-order valence-corrected chi connectivity index (χ1v) is 19.9. The molecule has 16 heteroatoms. The van der Waals surface area contributed by atoms with Gasteiger partial charge in [-0.25, -0.2) is 17.6 Å². The van der Waals surface area contributed by atoms with Crippen molar-refractivity contribution in [2.24, 2.45) is 0 Å². The first-order valence-electron chi connectivity index (χ1n) is 19.9. The van der Waals surface area contributed by atoms with E-state index in [2.05, 4.69) is 21.3 Å². The monoisotopic (exact) mass is 832 g/mol. The summed E-state index contributed by atoms with van der Waals surface area (Å²) in [4.78, 5) is 60.5. The number of nitrogens with zero attached hydrogens (tertiary/aromatic N) is 4. The molecule has 0 radical (unpaired) electrons. The van der Waals surface area contributed by atoms with Gasteiger partial charge in [0.25, 0.3) is 0 Å². The van der Waals surface area contributed by atoms with Crippen molar-refractivity contribution >= 4 is 23.6 Å². The minimum atomic E-state index is -0.437. The van der Waals surface area contributed by atoms with Crippen LogP contribution in [0.25, 0.3) is 0 Å². The first-order chi connectivity index (χ1) is 29.0. The molecule has 4 aromatic rings. The molecular weight excluding hydrogens is 781 g/mol. The second kappa shape index (κ2) is 23.8. The van der Waals surface area contributed by atoms with Gasteiger partial charge in [-0.3, -0.25) is 38.8 Å². The van der Waals surface area contributed by atoms with Crippen LogP contribution in [0, 0.1) is 23.3 Å². The fourth-order valence-electron chi connectivity index (χ4n) is 6.59. The average molecular weight is 833 g/mol. The molecule has 1 aliphatic heterocycles. The summed E-state index contributed by atoms with van der Waals surface area (Å²) < 4.78 is 57.2. The summed E-state index contributed by atoms with van der Waals surface area (Å²) in [5.74, 6) is -3.13. The molecule has 0 bridgehead atoms. The summed E-state index contributed by atoms with van der Waals surface area (Å²) >= 11 is 0. The standard InChI is InChI=1S/C44H52F4N8O4/c45-37-13-5-1-9-33(37)25-49-41(57)29-53-17-19-54(30-42(58)50-26-34-10-2-6-14-38(34)46)21-23-56(32-44(60)52-28-36-12-4-8-16-40(36)48)24-22-55(20-18-53)31-43(59)51-27-35-11-3-7-15-39(35)47/h1-16H,17-32H2,(H,49,57)(H,50,58)(H,51,59)(H,52,60). The van der Waals surface area contributed by atoms with Crippen LogP contribution in [0.4, 0.5) is 17.6 Å². The molecule has 4 N–H and O–H groups in total. The SMILES string of the molecule is O=C(CN1CCN(CC(=O)NCc2ccccc2F)CCN(CC(=O)NCc2ccccc2F)CCN(CC(=O)NCc2ccccc2F)CC1)NCc1ccccc1F. The van der Waals surface area contributed by atoms with Crippen LogP contribution >= 0.6 is 0 Å². The highest BCUT2D eigenvalue weighted by Gasteiger charge is 2.22. The summed E-state index contributed by atoms with van der Waals surface area (Å²) in [6.45, 7) is 2.35. The topological polar surface area (TPSA) is 129 Å². The highest BCUT2D eigenvalue weighted by molar-refractivity contribution is 5.79. The Morgan fingerprint density at radius 3 is 0.717 bits per heavy atom. The molecule has 0 spiro atoms. The number of nitrogens with one attached hydrogen (secondary N) is 4. The Kier molecular flexibility index (Phi) is 18.0. The van der Waals surface area contributed by atoms with Crippen molar-refractivity contribution in [1.82, 2.24) is 40.9 Å². The van der Waals surface area contributed by atoms with E-state index in [1.54, 1.807) is 72.8 Å². The minimum absolute atomic E-state index is 0.00828.